The molecule has 0 spiro atoms. The monoisotopic (exact) mass is 229 g/mol. The lowest BCUT2D eigenvalue weighted by Gasteiger charge is -2.28. The largest absolute Gasteiger partial charge is 0.468 e. The Balaban J connectivity index is 2.44. The van der Waals surface area contributed by atoms with Gasteiger partial charge in [-0.2, -0.15) is 0 Å². The lowest BCUT2D eigenvalue weighted by atomic mass is 10.0. The summed E-state index contributed by atoms with van der Waals surface area (Å²) < 4.78 is 10.4. The van der Waals surface area contributed by atoms with Crippen LogP contribution >= 0.6 is 0 Å². The molecule has 0 aromatic rings. The molecule has 4 nitrogen and oxygen atoms in total. The van der Waals surface area contributed by atoms with Gasteiger partial charge in [0.2, 0.25) is 0 Å². The van der Waals surface area contributed by atoms with Crippen molar-refractivity contribution in [3.8, 4) is 0 Å². The average Bonchev–Trinajstić information content (AvgIpc) is 2.99. The van der Waals surface area contributed by atoms with Crippen molar-refractivity contribution in [3.63, 3.8) is 0 Å². The minimum absolute atomic E-state index is 0.247. The number of rotatable bonds is 7. The van der Waals surface area contributed by atoms with Crippen molar-refractivity contribution < 1.29 is 14.3 Å². The number of carbonyl (C=O) groups excluding carboxylic acids is 1. The first-order valence-electron chi connectivity index (χ1n) is 5.92. The van der Waals surface area contributed by atoms with Gasteiger partial charge in [-0.3, -0.25) is 5.32 Å². The van der Waals surface area contributed by atoms with Crippen LogP contribution < -0.4 is 5.32 Å². The first kappa shape index (κ1) is 13.5. The molecular weight excluding hydrogens is 206 g/mol. The third-order valence-electron chi connectivity index (χ3n) is 2.58. The Hall–Kier alpha value is -0.610. The standard InChI is InChI=1S/C12H23NO3/c1-9(2)7-16-8-12(3,11(14)15-4)13-10-5-6-10/h9-10,13H,5-8H2,1-4H3. The Morgan fingerprint density at radius 1 is 1.50 bits per heavy atom. The summed E-state index contributed by atoms with van der Waals surface area (Å²) in [5.74, 6) is 0.228. The quantitative estimate of drug-likeness (QED) is 0.669. The zero-order valence-electron chi connectivity index (χ0n) is 10.7. The number of methoxy groups -OCH3 is 1. The number of esters is 1. The summed E-state index contributed by atoms with van der Waals surface area (Å²) in [5.41, 5.74) is -0.704. The molecule has 0 saturated heterocycles. The fourth-order valence-corrected chi connectivity index (χ4v) is 1.56. The van der Waals surface area contributed by atoms with Gasteiger partial charge >= 0.3 is 5.97 Å². The molecule has 1 rings (SSSR count). The number of hydrogen-bond acceptors (Lipinski definition) is 4. The van der Waals surface area contributed by atoms with Crippen LogP contribution in [0.25, 0.3) is 0 Å². The molecule has 0 heterocycles. The van der Waals surface area contributed by atoms with Gasteiger partial charge in [0.1, 0.15) is 5.54 Å². The van der Waals surface area contributed by atoms with E-state index in [4.69, 9.17) is 9.47 Å². The van der Waals surface area contributed by atoms with Gasteiger partial charge in [-0.05, 0) is 25.7 Å². The highest BCUT2D eigenvalue weighted by Gasteiger charge is 2.39. The molecule has 0 aliphatic heterocycles. The zero-order valence-corrected chi connectivity index (χ0v) is 10.7. The van der Waals surface area contributed by atoms with Crippen molar-refractivity contribution in [3.05, 3.63) is 0 Å². The topological polar surface area (TPSA) is 47.6 Å². The molecular formula is C12H23NO3. The highest BCUT2D eigenvalue weighted by atomic mass is 16.5. The van der Waals surface area contributed by atoms with E-state index in [1.165, 1.54) is 7.11 Å². The molecule has 1 N–H and O–H groups in total. The number of nitrogens with one attached hydrogen (secondary N) is 1. The molecule has 1 fully saturated rings. The molecule has 1 atom stereocenters. The Kier molecular flexibility index (Phi) is 4.74. The van der Waals surface area contributed by atoms with Crippen LogP contribution in [-0.2, 0) is 14.3 Å². The van der Waals surface area contributed by atoms with Gasteiger partial charge in [-0.25, -0.2) is 4.79 Å². The molecule has 1 aliphatic rings. The van der Waals surface area contributed by atoms with E-state index in [1.54, 1.807) is 0 Å². The molecule has 0 aromatic heterocycles. The summed E-state index contributed by atoms with van der Waals surface area (Å²) in [5, 5.41) is 3.29. The average molecular weight is 229 g/mol. The maximum atomic E-state index is 11.7. The Labute approximate surface area is 97.7 Å². The van der Waals surface area contributed by atoms with Gasteiger partial charge < -0.3 is 9.47 Å². The summed E-state index contributed by atoms with van der Waals surface area (Å²) in [4.78, 5) is 11.7. The van der Waals surface area contributed by atoms with Crippen molar-refractivity contribution in [2.24, 2.45) is 5.92 Å². The van der Waals surface area contributed by atoms with E-state index >= 15 is 0 Å². The van der Waals surface area contributed by atoms with Crippen molar-refractivity contribution in [1.82, 2.24) is 5.32 Å². The van der Waals surface area contributed by atoms with Gasteiger partial charge in [-0.15, -0.1) is 0 Å². The van der Waals surface area contributed by atoms with Crippen molar-refractivity contribution in [2.45, 2.75) is 45.2 Å². The molecule has 0 aromatic carbocycles. The van der Waals surface area contributed by atoms with Gasteiger partial charge in [0.15, 0.2) is 0 Å². The first-order valence-corrected chi connectivity index (χ1v) is 5.92. The molecule has 0 bridgehead atoms. The number of ether oxygens (including phenoxy) is 2. The fraction of sp³-hybridized carbons (Fsp3) is 0.917. The fourth-order valence-electron chi connectivity index (χ4n) is 1.56. The van der Waals surface area contributed by atoms with E-state index in [9.17, 15) is 4.79 Å². The summed E-state index contributed by atoms with van der Waals surface area (Å²) in [6.07, 6.45) is 2.27. The van der Waals surface area contributed by atoms with Crippen LogP contribution in [0.2, 0.25) is 0 Å². The lowest BCUT2D eigenvalue weighted by Crippen LogP contribution is -2.54. The third-order valence-corrected chi connectivity index (χ3v) is 2.58. The zero-order chi connectivity index (χ0) is 12.2. The van der Waals surface area contributed by atoms with Crippen molar-refractivity contribution in [1.29, 1.82) is 0 Å². The van der Waals surface area contributed by atoms with E-state index in [2.05, 4.69) is 19.2 Å². The molecule has 0 radical (unpaired) electrons. The predicted molar refractivity (Wildman–Crippen MR) is 62.2 cm³/mol. The number of carbonyl (C=O) groups is 1. The smallest absolute Gasteiger partial charge is 0.328 e. The van der Waals surface area contributed by atoms with Gasteiger partial charge in [0, 0.05) is 12.6 Å². The second-order valence-electron chi connectivity index (χ2n) is 5.15. The second-order valence-corrected chi connectivity index (χ2v) is 5.15. The first-order chi connectivity index (χ1) is 7.48. The Morgan fingerprint density at radius 3 is 2.56 bits per heavy atom. The van der Waals surface area contributed by atoms with Gasteiger partial charge in [0.05, 0.1) is 13.7 Å². The summed E-state index contributed by atoms with van der Waals surface area (Å²) >= 11 is 0. The highest BCUT2D eigenvalue weighted by molar-refractivity contribution is 5.80. The van der Waals surface area contributed by atoms with Crippen LogP contribution in [0.3, 0.4) is 0 Å². The van der Waals surface area contributed by atoms with E-state index in [0.717, 1.165) is 12.8 Å². The summed E-state index contributed by atoms with van der Waals surface area (Å²) in [6.45, 7) is 7.05. The van der Waals surface area contributed by atoms with Crippen LogP contribution in [0.5, 0.6) is 0 Å². The molecule has 94 valence electrons. The molecule has 0 amide bonds. The van der Waals surface area contributed by atoms with Crippen LogP contribution in [0.4, 0.5) is 0 Å². The Bertz CT molecular complexity index is 238. The highest BCUT2D eigenvalue weighted by Crippen LogP contribution is 2.23. The van der Waals surface area contributed by atoms with Crippen LogP contribution in [0, 0.1) is 5.92 Å². The summed E-state index contributed by atoms with van der Waals surface area (Å²) in [6, 6.07) is 0.451. The molecule has 16 heavy (non-hydrogen) atoms. The van der Waals surface area contributed by atoms with E-state index in [1.807, 2.05) is 6.92 Å². The minimum Gasteiger partial charge on any atom is -0.468 e. The number of hydrogen-bond donors (Lipinski definition) is 1. The minimum atomic E-state index is -0.704. The molecule has 1 saturated carbocycles. The molecule has 4 heteroatoms. The molecule has 1 unspecified atom stereocenters. The SMILES string of the molecule is COC(=O)C(C)(COCC(C)C)NC1CC1. The summed E-state index contributed by atoms with van der Waals surface area (Å²) in [7, 11) is 1.41. The maximum absolute atomic E-state index is 11.7. The van der Waals surface area contributed by atoms with E-state index in [0.29, 0.717) is 25.2 Å². The van der Waals surface area contributed by atoms with Gasteiger partial charge in [0.25, 0.3) is 0 Å². The third kappa shape index (κ3) is 4.10. The lowest BCUT2D eigenvalue weighted by molar-refractivity contribution is -0.151. The van der Waals surface area contributed by atoms with E-state index in [-0.39, 0.29) is 5.97 Å². The van der Waals surface area contributed by atoms with E-state index < -0.39 is 5.54 Å². The van der Waals surface area contributed by atoms with Crippen molar-refractivity contribution in [2.75, 3.05) is 20.3 Å². The van der Waals surface area contributed by atoms with Crippen molar-refractivity contribution >= 4 is 5.97 Å². The predicted octanol–water partition coefficient (Wildman–Crippen LogP) is 1.34. The maximum Gasteiger partial charge on any atom is 0.328 e. The second kappa shape index (κ2) is 5.64. The van der Waals surface area contributed by atoms with Crippen LogP contribution in [-0.4, -0.2) is 37.9 Å². The van der Waals surface area contributed by atoms with Crippen LogP contribution in [0.1, 0.15) is 33.6 Å². The normalized spacial score (nSPS) is 19.6. The molecule has 1 aliphatic carbocycles. The van der Waals surface area contributed by atoms with Crippen LogP contribution in [0.15, 0.2) is 0 Å². The Morgan fingerprint density at radius 2 is 2.12 bits per heavy atom. The van der Waals surface area contributed by atoms with Gasteiger partial charge in [-0.1, -0.05) is 13.8 Å².